The zero-order valence-corrected chi connectivity index (χ0v) is 25.8. The summed E-state index contributed by atoms with van der Waals surface area (Å²) >= 11 is 8.08. The molecule has 0 atom stereocenters. The number of ether oxygens (including phenoxy) is 1. The monoisotopic (exact) mass is 620 g/mol. The van der Waals surface area contributed by atoms with Gasteiger partial charge in [-0.05, 0) is 30.7 Å². The molecule has 0 aliphatic heterocycles. The number of aromatic nitrogens is 1. The summed E-state index contributed by atoms with van der Waals surface area (Å²) in [5, 5.41) is 5.55. The first-order valence-corrected chi connectivity index (χ1v) is 15.2. The summed E-state index contributed by atoms with van der Waals surface area (Å²) in [6.07, 6.45) is 17.7. The first-order valence-electron chi connectivity index (χ1n) is 13.9. The number of halogens is 2. The third kappa shape index (κ3) is 11.9. The van der Waals surface area contributed by atoms with Crippen LogP contribution in [0.4, 0.5) is 5.69 Å². The number of rotatable bonds is 18. The second kappa shape index (κ2) is 19.2. The largest absolute Gasteiger partial charge is 1.00 e. The standard InChI is InChI=1S/C31H41ClN2O2S.BrH/c1-2-3-4-5-6-7-8-9-10-11-12-13-21-36-30-28(32)18-15-19-29(30)33-31(35)27-17-14-16-26(23-27)24-34-20-22-37-25-34;/h14-20,22-23,25H,2-13,21,24H2,1H3;1H. The van der Waals surface area contributed by atoms with E-state index in [-0.39, 0.29) is 22.9 Å². The highest BCUT2D eigenvalue weighted by atomic mass is 79.9. The number of amides is 1. The third-order valence-electron chi connectivity index (χ3n) is 6.54. The maximum Gasteiger partial charge on any atom is 0.255 e. The lowest BCUT2D eigenvalue weighted by atomic mass is 10.1. The third-order valence-corrected chi connectivity index (χ3v) is 7.51. The van der Waals surface area contributed by atoms with E-state index in [1.165, 1.54) is 64.2 Å². The molecule has 4 nitrogen and oxygen atoms in total. The molecule has 3 rings (SSSR count). The van der Waals surface area contributed by atoms with Crippen LogP contribution in [0.5, 0.6) is 5.75 Å². The Labute approximate surface area is 248 Å². The Hall–Kier alpha value is -1.89. The van der Waals surface area contributed by atoms with Gasteiger partial charge in [-0.3, -0.25) is 4.79 Å². The number of hydrogen-bond acceptors (Lipinski definition) is 3. The van der Waals surface area contributed by atoms with Gasteiger partial charge in [-0.15, -0.1) is 0 Å². The fourth-order valence-electron chi connectivity index (χ4n) is 4.44. The number of para-hydroxylation sites is 1. The zero-order valence-electron chi connectivity index (χ0n) is 22.6. The number of carbonyl (C=O) groups is 1. The number of benzene rings is 2. The van der Waals surface area contributed by atoms with E-state index in [2.05, 4.69) is 22.3 Å². The highest BCUT2D eigenvalue weighted by molar-refractivity contribution is 7.07. The fourth-order valence-corrected chi connectivity index (χ4v) is 5.27. The van der Waals surface area contributed by atoms with Gasteiger partial charge < -0.3 is 27.0 Å². The summed E-state index contributed by atoms with van der Waals surface area (Å²) < 4.78 is 8.14. The minimum absolute atomic E-state index is 0. The van der Waals surface area contributed by atoms with E-state index in [1.54, 1.807) is 17.4 Å². The van der Waals surface area contributed by atoms with Gasteiger partial charge in [0.2, 0.25) is 5.51 Å². The van der Waals surface area contributed by atoms with Crippen molar-refractivity contribution in [1.82, 2.24) is 0 Å². The van der Waals surface area contributed by atoms with Gasteiger partial charge in [0, 0.05) is 11.1 Å². The van der Waals surface area contributed by atoms with Crippen LogP contribution >= 0.6 is 22.9 Å². The second-order valence-corrected chi connectivity index (χ2v) is 10.9. The maximum absolute atomic E-state index is 13.0. The molecular formula is C31H42BrClN2O2S. The number of thiazole rings is 1. The molecule has 0 bridgehead atoms. The Kier molecular flexibility index (Phi) is 16.3. The summed E-state index contributed by atoms with van der Waals surface area (Å²) in [5.41, 5.74) is 4.35. The van der Waals surface area contributed by atoms with Crippen molar-refractivity contribution < 1.29 is 31.1 Å². The highest BCUT2D eigenvalue weighted by Gasteiger charge is 2.14. The van der Waals surface area contributed by atoms with E-state index < -0.39 is 0 Å². The smallest absolute Gasteiger partial charge is 0.255 e. The molecule has 0 saturated carbocycles. The van der Waals surface area contributed by atoms with Crippen molar-refractivity contribution in [3.05, 3.63) is 75.7 Å². The van der Waals surface area contributed by atoms with Gasteiger partial charge in [0.25, 0.3) is 5.91 Å². The van der Waals surface area contributed by atoms with Gasteiger partial charge >= 0.3 is 0 Å². The van der Waals surface area contributed by atoms with Crippen LogP contribution in [0.25, 0.3) is 0 Å². The molecule has 1 aromatic heterocycles. The number of anilines is 1. The fraction of sp³-hybridized carbons (Fsp3) is 0.484. The highest BCUT2D eigenvalue weighted by Crippen LogP contribution is 2.33. The normalized spacial score (nSPS) is 10.7. The number of carbonyl (C=O) groups excluding carboxylic acids is 1. The molecule has 0 fully saturated rings. The molecule has 0 aliphatic carbocycles. The average molecular weight is 622 g/mol. The SMILES string of the molecule is CCCCCCCCCCCCCCOc1c(Cl)cccc1NC(=O)c1cccc(C[n+]2ccsc2)c1.[Br-]. The van der Waals surface area contributed by atoms with E-state index in [4.69, 9.17) is 16.3 Å². The first-order chi connectivity index (χ1) is 18.2. The van der Waals surface area contributed by atoms with Crippen LogP contribution in [0, 0.1) is 0 Å². The number of nitrogens with zero attached hydrogens (tertiary/aromatic N) is 1. The molecule has 0 aliphatic rings. The van der Waals surface area contributed by atoms with E-state index in [0.29, 0.717) is 28.6 Å². The lowest BCUT2D eigenvalue weighted by Crippen LogP contribution is -3.00. The summed E-state index contributed by atoms with van der Waals surface area (Å²) in [7, 11) is 0. The Bertz CT molecular complexity index is 1060. The Morgan fingerprint density at radius 1 is 0.921 bits per heavy atom. The Morgan fingerprint density at radius 3 is 2.24 bits per heavy atom. The van der Waals surface area contributed by atoms with Gasteiger partial charge in [0.1, 0.15) is 0 Å². The molecule has 1 N–H and O–H groups in total. The van der Waals surface area contributed by atoms with Crippen molar-refractivity contribution >= 4 is 34.5 Å². The van der Waals surface area contributed by atoms with E-state index in [0.717, 1.165) is 24.9 Å². The lowest BCUT2D eigenvalue weighted by Gasteiger charge is -2.14. The van der Waals surface area contributed by atoms with Crippen LogP contribution in [0.1, 0.15) is 99.9 Å². The average Bonchev–Trinajstić information content (AvgIpc) is 3.41. The van der Waals surface area contributed by atoms with Crippen molar-refractivity contribution in [2.24, 2.45) is 0 Å². The number of nitrogens with one attached hydrogen (secondary N) is 1. The number of unbranched alkanes of at least 4 members (excludes halogenated alkanes) is 11. The molecule has 1 amide bonds. The predicted octanol–water partition coefficient (Wildman–Crippen LogP) is 6.07. The molecule has 38 heavy (non-hydrogen) atoms. The summed E-state index contributed by atoms with van der Waals surface area (Å²) in [6.45, 7) is 3.59. The molecule has 0 radical (unpaired) electrons. The summed E-state index contributed by atoms with van der Waals surface area (Å²) in [5.74, 6) is 0.375. The van der Waals surface area contributed by atoms with Crippen LogP contribution in [-0.2, 0) is 6.54 Å². The van der Waals surface area contributed by atoms with Crippen molar-refractivity contribution in [3.8, 4) is 5.75 Å². The quantitative estimate of drug-likeness (QED) is 0.138. The van der Waals surface area contributed by atoms with E-state index in [9.17, 15) is 4.79 Å². The molecule has 1 heterocycles. The van der Waals surface area contributed by atoms with Gasteiger partial charge in [0.15, 0.2) is 18.5 Å². The molecule has 0 saturated heterocycles. The Balaban J connectivity index is 0.00000507. The molecule has 0 unspecified atom stereocenters. The van der Waals surface area contributed by atoms with Crippen LogP contribution in [0.3, 0.4) is 0 Å². The molecular weight excluding hydrogens is 580 g/mol. The molecule has 7 heteroatoms. The zero-order chi connectivity index (χ0) is 26.1. The van der Waals surface area contributed by atoms with E-state index in [1.807, 2.05) is 48.0 Å². The van der Waals surface area contributed by atoms with E-state index >= 15 is 0 Å². The van der Waals surface area contributed by atoms with Gasteiger partial charge in [-0.2, -0.15) is 4.57 Å². The number of hydrogen-bond donors (Lipinski definition) is 1. The van der Waals surface area contributed by atoms with Gasteiger partial charge in [0.05, 0.1) is 22.7 Å². The topological polar surface area (TPSA) is 42.2 Å². The van der Waals surface area contributed by atoms with Gasteiger partial charge in [-0.25, -0.2) is 0 Å². The van der Waals surface area contributed by atoms with Crippen LogP contribution < -0.4 is 31.6 Å². The van der Waals surface area contributed by atoms with Gasteiger partial charge in [-0.1, -0.05) is 119 Å². The van der Waals surface area contributed by atoms with Crippen LogP contribution in [0.2, 0.25) is 5.02 Å². The van der Waals surface area contributed by atoms with Crippen molar-refractivity contribution in [1.29, 1.82) is 0 Å². The minimum atomic E-state index is -0.172. The van der Waals surface area contributed by atoms with Crippen LogP contribution in [-0.4, -0.2) is 12.5 Å². The molecule has 2 aromatic carbocycles. The first kappa shape index (κ1) is 32.3. The minimum Gasteiger partial charge on any atom is -1.00 e. The second-order valence-electron chi connectivity index (χ2n) is 9.71. The van der Waals surface area contributed by atoms with Crippen molar-refractivity contribution in [3.63, 3.8) is 0 Å². The van der Waals surface area contributed by atoms with Crippen molar-refractivity contribution in [2.75, 3.05) is 11.9 Å². The maximum atomic E-state index is 13.0. The predicted molar refractivity (Wildman–Crippen MR) is 156 cm³/mol. The lowest BCUT2D eigenvalue weighted by molar-refractivity contribution is -0.683. The molecule has 0 spiro atoms. The summed E-state index contributed by atoms with van der Waals surface area (Å²) in [4.78, 5) is 13.0. The van der Waals surface area contributed by atoms with Crippen molar-refractivity contribution in [2.45, 2.75) is 90.5 Å². The Morgan fingerprint density at radius 2 is 1.58 bits per heavy atom. The van der Waals surface area contributed by atoms with Crippen LogP contribution in [0.15, 0.2) is 59.6 Å². The summed E-state index contributed by atoms with van der Waals surface area (Å²) in [6, 6.07) is 13.2. The molecule has 3 aromatic rings. The molecule has 208 valence electrons.